The van der Waals surface area contributed by atoms with E-state index in [1.54, 1.807) is 19.1 Å². The number of rotatable bonds is 3. The molecule has 0 heterocycles. The standard InChI is InChI=1S/C9H11Br2NO2S/c1-3-12-15(13,14)9-7(10)4-6(2)5-8(9)11/h4-5,12H,3H2,1-2H3. The summed E-state index contributed by atoms with van der Waals surface area (Å²) in [6.45, 7) is 4.02. The molecule has 1 rings (SSSR count). The molecule has 0 saturated heterocycles. The van der Waals surface area contributed by atoms with Gasteiger partial charge in [0.25, 0.3) is 0 Å². The molecule has 6 heteroatoms. The molecule has 0 unspecified atom stereocenters. The monoisotopic (exact) mass is 355 g/mol. The highest BCUT2D eigenvalue weighted by molar-refractivity contribution is 9.11. The summed E-state index contributed by atoms with van der Waals surface area (Å²) in [7, 11) is -3.43. The minimum absolute atomic E-state index is 0.245. The van der Waals surface area contributed by atoms with E-state index in [1.807, 2.05) is 6.92 Å². The second kappa shape index (κ2) is 4.95. The van der Waals surface area contributed by atoms with Crippen LogP contribution in [0.15, 0.2) is 26.0 Å². The maximum absolute atomic E-state index is 11.8. The van der Waals surface area contributed by atoms with E-state index in [9.17, 15) is 8.42 Å². The lowest BCUT2D eigenvalue weighted by molar-refractivity contribution is 0.583. The molecule has 0 aliphatic rings. The number of aryl methyl sites for hydroxylation is 1. The zero-order valence-corrected chi connectivity index (χ0v) is 12.3. The Morgan fingerprint density at radius 2 is 1.73 bits per heavy atom. The van der Waals surface area contributed by atoms with Gasteiger partial charge >= 0.3 is 0 Å². The molecule has 1 aromatic carbocycles. The van der Waals surface area contributed by atoms with E-state index in [1.165, 1.54) is 0 Å². The fourth-order valence-corrected chi connectivity index (χ4v) is 5.06. The van der Waals surface area contributed by atoms with Crippen molar-refractivity contribution in [1.82, 2.24) is 4.72 Å². The van der Waals surface area contributed by atoms with Gasteiger partial charge in [0.05, 0.1) is 0 Å². The second-order valence-corrected chi connectivity index (χ2v) is 6.47. The average Bonchev–Trinajstić information content (AvgIpc) is 1.99. The normalized spacial score (nSPS) is 11.7. The van der Waals surface area contributed by atoms with Crippen molar-refractivity contribution in [2.75, 3.05) is 6.54 Å². The molecule has 0 amide bonds. The van der Waals surface area contributed by atoms with Crippen LogP contribution in [0.5, 0.6) is 0 Å². The van der Waals surface area contributed by atoms with Crippen LogP contribution in [-0.4, -0.2) is 15.0 Å². The summed E-state index contributed by atoms with van der Waals surface area (Å²) in [6.07, 6.45) is 0. The average molecular weight is 357 g/mol. The number of benzene rings is 1. The lowest BCUT2D eigenvalue weighted by atomic mass is 10.2. The first-order valence-corrected chi connectivity index (χ1v) is 7.40. The van der Waals surface area contributed by atoms with Crippen molar-refractivity contribution in [3.05, 3.63) is 26.6 Å². The lowest BCUT2D eigenvalue weighted by Crippen LogP contribution is -2.24. The Morgan fingerprint density at radius 1 is 1.27 bits per heavy atom. The Bertz CT molecular complexity index is 448. The third-order valence-corrected chi connectivity index (χ3v) is 5.17. The van der Waals surface area contributed by atoms with Crippen LogP contribution in [-0.2, 0) is 10.0 Å². The Balaban J connectivity index is 3.38. The van der Waals surface area contributed by atoms with Crippen LogP contribution in [0.2, 0.25) is 0 Å². The summed E-state index contributed by atoms with van der Waals surface area (Å²) in [5.74, 6) is 0. The third kappa shape index (κ3) is 3.03. The van der Waals surface area contributed by atoms with Gasteiger partial charge in [-0.15, -0.1) is 0 Å². The lowest BCUT2D eigenvalue weighted by Gasteiger charge is -2.09. The molecule has 0 aromatic heterocycles. The van der Waals surface area contributed by atoms with Crippen molar-refractivity contribution in [2.24, 2.45) is 0 Å². The van der Waals surface area contributed by atoms with Crippen LogP contribution >= 0.6 is 31.9 Å². The molecule has 3 nitrogen and oxygen atoms in total. The number of sulfonamides is 1. The van der Waals surface area contributed by atoms with Crippen molar-refractivity contribution < 1.29 is 8.42 Å². The van der Waals surface area contributed by atoms with Gasteiger partial charge in [0.1, 0.15) is 4.90 Å². The van der Waals surface area contributed by atoms with Crippen molar-refractivity contribution in [3.8, 4) is 0 Å². The highest BCUT2D eigenvalue weighted by Gasteiger charge is 2.20. The molecule has 0 saturated carbocycles. The van der Waals surface area contributed by atoms with Gasteiger partial charge in [-0.2, -0.15) is 0 Å². The van der Waals surface area contributed by atoms with Gasteiger partial charge in [0.15, 0.2) is 0 Å². The first-order valence-electron chi connectivity index (χ1n) is 4.33. The Hall–Kier alpha value is 0.0900. The molecule has 84 valence electrons. The summed E-state index contributed by atoms with van der Waals surface area (Å²) >= 11 is 6.51. The predicted molar refractivity (Wildman–Crippen MR) is 67.4 cm³/mol. The van der Waals surface area contributed by atoms with E-state index in [-0.39, 0.29) is 4.90 Å². The SMILES string of the molecule is CCNS(=O)(=O)c1c(Br)cc(C)cc1Br. The first-order chi connectivity index (χ1) is 6.88. The van der Waals surface area contributed by atoms with E-state index in [0.29, 0.717) is 15.5 Å². The van der Waals surface area contributed by atoms with Crippen molar-refractivity contribution in [1.29, 1.82) is 0 Å². The van der Waals surface area contributed by atoms with Crippen LogP contribution in [0.4, 0.5) is 0 Å². The van der Waals surface area contributed by atoms with E-state index >= 15 is 0 Å². The summed E-state index contributed by atoms with van der Waals surface area (Å²) in [5, 5.41) is 0. The van der Waals surface area contributed by atoms with Crippen LogP contribution in [0.25, 0.3) is 0 Å². The van der Waals surface area contributed by atoms with Crippen LogP contribution in [0.3, 0.4) is 0 Å². The van der Waals surface area contributed by atoms with E-state index in [0.717, 1.165) is 5.56 Å². The molecule has 0 spiro atoms. The molecule has 0 aliphatic carbocycles. The van der Waals surface area contributed by atoms with Gasteiger partial charge in [-0.25, -0.2) is 13.1 Å². The molecule has 0 radical (unpaired) electrons. The molecule has 1 N–H and O–H groups in total. The van der Waals surface area contributed by atoms with Gasteiger partial charge < -0.3 is 0 Å². The van der Waals surface area contributed by atoms with Gasteiger partial charge in [-0.1, -0.05) is 6.92 Å². The van der Waals surface area contributed by atoms with Crippen molar-refractivity contribution in [3.63, 3.8) is 0 Å². The largest absolute Gasteiger partial charge is 0.242 e. The number of halogens is 2. The first kappa shape index (κ1) is 13.2. The van der Waals surface area contributed by atoms with Crippen molar-refractivity contribution in [2.45, 2.75) is 18.7 Å². The maximum Gasteiger partial charge on any atom is 0.242 e. The minimum atomic E-state index is -3.43. The highest BCUT2D eigenvalue weighted by atomic mass is 79.9. The number of hydrogen-bond donors (Lipinski definition) is 1. The maximum atomic E-state index is 11.8. The minimum Gasteiger partial charge on any atom is -0.211 e. The molecule has 1 aromatic rings. The molecule has 15 heavy (non-hydrogen) atoms. The fraction of sp³-hybridized carbons (Fsp3) is 0.333. The number of nitrogens with one attached hydrogen (secondary N) is 1. The molecule has 0 bridgehead atoms. The molecular formula is C9H11Br2NO2S. The molecular weight excluding hydrogens is 346 g/mol. The van der Waals surface area contributed by atoms with Gasteiger partial charge in [-0.3, -0.25) is 0 Å². The van der Waals surface area contributed by atoms with E-state index in [2.05, 4.69) is 36.6 Å². The van der Waals surface area contributed by atoms with Crippen LogP contribution in [0, 0.1) is 6.92 Å². The molecule has 0 aliphatic heterocycles. The topological polar surface area (TPSA) is 46.2 Å². The van der Waals surface area contributed by atoms with Gasteiger partial charge in [-0.05, 0) is 56.5 Å². The fourth-order valence-electron chi connectivity index (χ4n) is 1.21. The second-order valence-electron chi connectivity index (χ2n) is 3.06. The molecule has 0 fully saturated rings. The number of hydrogen-bond acceptors (Lipinski definition) is 2. The highest BCUT2D eigenvalue weighted by Crippen LogP contribution is 2.30. The Kier molecular flexibility index (Phi) is 4.34. The quantitative estimate of drug-likeness (QED) is 0.905. The zero-order chi connectivity index (χ0) is 11.6. The van der Waals surface area contributed by atoms with Gasteiger partial charge in [0.2, 0.25) is 10.0 Å². The van der Waals surface area contributed by atoms with E-state index < -0.39 is 10.0 Å². The summed E-state index contributed by atoms with van der Waals surface area (Å²) in [5.41, 5.74) is 0.990. The summed E-state index contributed by atoms with van der Waals surface area (Å²) < 4.78 is 27.2. The third-order valence-electron chi connectivity index (χ3n) is 1.75. The zero-order valence-electron chi connectivity index (χ0n) is 8.34. The summed E-state index contributed by atoms with van der Waals surface area (Å²) in [6, 6.07) is 3.55. The van der Waals surface area contributed by atoms with Crippen molar-refractivity contribution >= 4 is 41.9 Å². The Labute approximate surface area is 107 Å². The molecule has 0 atom stereocenters. The predicted octanol–water partition coefficient (Wildman–Crippen LogP) is 2.82. The smallest absolute Gasteiger partial charge is 0.211 e. The Morgan fingerprint density at radius 3 is 2.13 bits per heavy atom. The van der Waals surface area contributed by atoms with Crippen LogP contribution < -0.4 is 4.72 Å². The van der Waals surface area contributed by atoms with Crippen LogP contribution in [0.1, 0.15) is 12.5 Å². The van der Waals surface area contributed by atoms with E-state index in [4.69, 9.17) is 0 Å². The summed E-state index contributed by atoms with van der Waals surface area (Å²) in [4.78, 5) is 0.245. The van der Waals surface area contributed by atoms with Gasteiger partial charge in [0, 0.05) is 15.5 Å².